The minimum atomic E-state index is -4.56. The molecule has 4 heterocycles. The Morgan fingerprint density at radius 3 is 2.27 bits per heavy atom. The molecule has 7 nitrogen and oxygen atoms in total. The third-order valence-electron chi connectivity index (χ3n) is 6.56. The van der Waals surface area contributed by atoms with Crippen molar-refractivity contribution in [2.24, 2.45) is 0 Å². The first-order valence-corrected chi connectivity index (χ1v) is 11.2. The third-order valence-corrected chi connectivity index (χ3v) is 6.56. The molecule has 0 N–H and O–H groups in total. The fourth-order valence-electron chi connectivity index (χ4n) is 4.53. The average molecular weight is 469 g/mol. The molecule has 2 saturated heterocycles. The van der Waals surface area contributed by atoms with E-state index in [-0.39, 0.29) is 0 Å². The van der Waals surface area contributed by atoms with Gasteiger partial charge in [-0.1, -0.05) is 0 Å². The molecular weight excluding hydrogens is 442 g/mol. The van der Waals surface area contributed by atoms with Gasteiger partial charge in [-0.2, -0.15) is 22.7 Å². The molecular formula is C22H27F4N5O2. The van der Waals surface area contributed by atoms with E-state index in [0.717, 1.165) is 83.1 Å². The van der Waals surface area contributed by atoms with Crippen molar-refractivity contribution in [1.29, 1.82) is 0 Å². The van der Waals surface area contributed by atoms with Gasteiger partial charge in [0.2, 0.25) is 0 Å². The highest BCUT2D eigenvalue weighted by Gasteiger charge is 2.66. The lowest BCUT2D eigenvalue weighted by Gasteiger charge is -2.36. The van der Waals surface area contributed by atoms with Crippen molar-refractivity contribution >= 4 is 5.82 Å². The molecule has 2 fully saturated rings. The summed E-state index contributed by atoms with van der Waals surface area (Å²) in [4.78, 5) is 7.04. The molecule has 0 radical (unpaired) electrons. The lowest BCUT2D eigenvalue weighted by atomic mass is 10.1. The van der Waals surface area contributed by atoms with Crippen LogP contribution >= 0.6 is 0 Å². The molecule has 180 valence electrons. The van der Waals surface area contributed by atoms with Gasteiger partial charge in [0.25, 0.3) is 0 Å². The average Bonchev–Trinajstić information content (AvgIpc) is 3.27. The number of anilines is 1. The molecule has 0 unspecified atom stereocenters. The van der Waals surface area contributed by atoms with E-state index in [0.29, 0.717) is 5.69 Å². The summed E-state index contributed by atoms with van der Waals surface area (Å²) in [5.41, 5.74) is 0.362. The largest absolute Gasteiger partial charge is 0.469 e. The number of ether oxygens (including phenoxy) is 2. The summed E-state index contributed by atoms with van der Waals surface area (Å²) in [5, 5.41) is 4.62. The molecule has 3 aliphatic rings. The normalized spacial score (nSPS) is 22.9. The lowest BCUT2D eigenvalue weighted by molar-refractivity contribution is -0.296. The molecule has 2 aromatic rings. The summed E-state index contributed by atoms with van der Waals surface area (Å²) in [6, 6.07) is 5.46. The summed E-state index contributed by atoms with van der Waals surface area (Å²) in [6.45, 7) is 11.0. The summed E-state index contributed by atoms with van der Waals surface area (Å²) in [7, 11) is 0. The van der Waals surface area contributed by atoms with E-state index in [9.17, 15) is 17.6 Å². The second kappa shape index (κ2) is 8.44. The number of halogens is 4. The Kier molecular flexibility index (Phi) is 5.74. The first-order chi connectivity index (χ1) is 15.7. The Labute approximate surface area is 189 Å². The van der Waals surface area contributed by atoms with Crippen LogP contribution in [0.3, 0.4) is 0 Å². The standard InChI is InChI=1S/C22H27F4N5O2/c1-16-14-20(30-8-6-28(7-9-30)4-5-29-10-12-32-13-11-29)27-31(16)17-2-3-18-19(15-17)33-22(25,26)21(18,23)24/h2-3,14-15H,4-13H2,1H3. The van der Waals surface area contributed by atoms with Gasteiger partial charge in [0, 0.05) is 70.2 Å². The van der Waals surface area contributed by atoms with E-state index in [1.54, 1.807) is 4.68 Å². The smallest absolute Gasteiger partial charge is 0.427 e. The third kappa shape index (κ3) is 4.17. The first-order valence-electron chi connectivity index (χ1n) is 11.2. The Morgan fingerprint density at radius 2 is 1.58 bits per heavy atom. The first kappa shape index (κ1) is 22.4. The maximum absolute atomic E-state index is 13.9. The van der Waals surface area contributed by atoms with Gasteiger partial charge >= 0.3 is 12.0 Å². The van der Waals surface area contributed by atoms with Crippen molar-refractivity contribution in [2.45, 2.75) is 19.0 Å². The summed E-state index contributed by atoms with van der Waals surface area (Å²) in [6.07, 6.45) is -4.56. The van der Waals surface area contributed by atoms with Crippen LogP contribution in [0.2, 0.25) is 0 Å². The zero-order chi connectivity index (χ0) is 23.2. The second-order valence-corrected chi connectivity index (χ2v) is 8.71. The number of fused-ring (bicyclic) bond motifs is 1. The van der Waals surface area contributed by atoms with Crippen LogP contribution in [-0.2, 0) is 10.7 Å². The molecule has 0 aliphatic carbocycles. The molecule has 5 rings (SSSR count). The maximum atomic E-state index is 13.9. The number of morpholine rings is 1. The molecule has 1 aromatic heterocycles. The van der Waals surface area contributed by atoms with Gasteiger partial charge in [-0.05, 0) is 19.1 Å². The van der Waals surface area contributed by atoms with Gasteiger partial charge in [0.15, 0.2) is 5.82 Å². The molecule has 0 atom stereocenters. The highest BCUT2D eigenvalue weighted by molar-refractivity contribution is 5.51. The summed E-state index contributed by atoms with van der Waals surface area (Å²) < 4.78 is 66.0. The maximum Gasteiger partial charge on any atom is 0.469 e. The van der Waals surface area contributed by atoms with Crippen LogP contribution in [0, 0.1) is 6.92 Å². The summed E-state index contributed by atoms with van der Waals surface area (Å²) in [5.74, 6) is -4.10. The SMILES string of the molecule is Cc1cc(N2CCN(CCN3CCOCC3)CC2)nn1-c1ccc2c(c1)OC(F)(F)C2(F)F. The molecule has 0 bridgehead atoms. The Balaban J connectivity index is 1.23. The molecule has 0 spiro atoms. The highest BCUT2D eigenvalue weighted by Crippen LogP contribution is 2.53. The molecule has 1 aromatic carbocycles. The van der Waals surface area contributed by atoms with Gasteiger partial charge < -0.3 is 14.4 Å². The van der Waals surface area contributed by atoms with Crippen LogP contribution in [0.5, 0.6) is 5.75 Å². The van der Waals surface area contributed by atoms with Crippen LogP contribution < -0.4 is 9.64 Å². The van der Waals surface area contributed by atoms with E-state index in [1.165, 1.54) is 12.1 Å². The topological polar surface area (TPSA) is 46.0 Å². The van der Waals surface area contributed by atoms with E-state index < -0.39 is 23.3 Å². The number of rotatable bonds is 5. The van der Waals surface area contributed by atoms with Gasteiger partial charge in [0.1, 0.15) is 5.75 Å². The van der Waals surface area contributed by atoms with Crippen molar-refractivity contribution in [2.75, 3.05) is 70.5 Å². The summed E-state index contributed by atoms with van der Waals surface area (Å²) >= 11 is 0. The van der Waals surface area contributed by atoms with Crippen molar-refractivity contribution < 1.29 is 27.0 Å². The number of hydrogen-bond acceptors (Lipinski definition) is 6. The fourth-order valence-corrected chi connectivity index (χ4v) is 4.53. The zero-order valence-corrected chi connectivity index (χ0v) is 18.4. The Bertz CT molecular complexity index is 1000. The fraction of sp³-hybridized carbons (Fsp3) is 0.591. The van der Waals surface area contributed by atoms with Crippen molar-refractivity contribution in [3.8, 4) is 11.4 Å². The van der Waals surface area contributed by atoms with Gasteiger partial charge in [0.05, 0.1) is 24.5 Å². The van der Waals surface area contributed by atoms with Crippen molar-refractivity contribution in [3.63, 3.8) is 0 Å². The van der Waals surface area contributed by atoms with Gasteiger partial charge in [-0.25, -0.2) is 4.68 Å². The van der Waals surface area contributed by atoms with E-state index in [4.69, 9.17) is 4.74 Å². The number of aromatic nitrogens is 2. The van der Waals surface area contributed by atoms with Crippen LogP contribution in [0.25, 0.3) is 5.69 Å². The van der Waals surface area contributed by atoms with E-state index in [2.05, 4.69) is 24.5 Å². The van der Waals surface area contributed by atoms with Crippen LogP contribution in [-0.4, -0.2) is 91.3 Å². The number of piperazine rings is 1. The molecule has 33 heavy (non-hydrogen) atoms. The Morgan fingerprint density at radius 1 is 0.909 bits per heavy atom. The second-order valence-electron chi connectivity index (χ2n) is 8.71. The number of hydrogen-bond donors (Lipinski definition) is 0. The van der Waals surface area contributed by atoms with E-state index in [1.807, 2.05) is 13.0 Å². The molecule has 11 heteroatoms. The number of aryl methyl sites for hydroxylation is 1. The van der Waals surface area contributed by atoms with E-state index >= 15 is 0 Å². The quantitative estimate of drug-likeness (QED) is 0.628. The van der Waals surface area contributed by atoms with Crippen LogP contribution in [0.15, 0.2) is 24.3 Å². The van der Waals surface area contributed by atoms with Crippen LogP contribution in [0.4, 0.5) is 23.4 Å². The van der Waals surface area contributed by atoms with Crippen molar-refractivity contribution in [1.82, 2.24) is 19.6 Å². The monoisotopic (exact) mass is 469 g/mol. The number of nitrogens with zero attached hydrogens (tertiary/aromatic N) is 5. The molecule has 0 saturated carbocycles. The highest BCUT2D eigenvalue weighted by atomic mass is 19.3. The minimum Gasteiger partial charge on any atom is -0.427 e. The van der Waals surface area contributed by atoms with Gasteiger partial charge in [-0.3, -0.25) is 9.80 Å². The molecule has 0 amide bonds. The van der Waals surface area contributed by atoms with Crippen LogP contribution in [0.1, 0.15) is 11.3 Å². The Hall–Kier alpha value is -2.37. The zero-order valence-electron chi connectivity index (χ0n) is 18.4. The predicted molar refractivity (Wildman–Crippen MR) is 114 cm³/mol. The number of benzene rings is 1. The predicted octanol–water partition coefficient (Wildman–Crippen LogP) is 2.71. The minimum absolute atomic E-state index is 0.398. The number of alkyl halides is 4. The lowest BCUT2D eigenvalue weighted by Crippen LogP contribution is -2.49. The van der Waals surface area contributed by atoms with Crippen molar-refractivity contribution in [3.05, 3.63) is 35.5 Å². The van der Waals surface area contributed by atoms with Gasteiger partial charge in [-0.15, -0.1) is 0 Å². The molecule has 3 aliphatic heterocycles.